The van der Waals surface area contributed by atoms with Gasteiger partial charge >= 0.3 is 0 Å². The summed E-state index contributed by atoms with van der Waals surface area (Å²) in [6.07, 6.45) is 0. The Kier molecular flexibility index (Phi) is 3.40. The van der Waals surface area contributed by atoms with E-state index in [1.54, 1.807) is 0 Å². The third-order valence-electron chi connectivity index (χ3n) is 3.39. The average Bonchev–Trinajstić information content (AvgIpc) is 2.29. The lowest BCUT2D eigenvalue weighted by molar-refractivity contribution is 0.0643. The van der Waals surface area contributed by atoms with Crippen molar-refractivity contribution in [3.8, 4) is 0 Å². The SMILES string of the molecule is Cc1ccc(N2CCOCC2(C)C)c(CN)c1. The van der Waals surface area contributed by atoms with Crippen LogP contribution in [0.2, 0.25) is 0 Å². The van der Waals surface area contributed by atoms with E-state index in [9.17, 15) is 0 Å². The average molecular weight is 234 g/mol. The van der Waals surface area contributed by atoms with Gasteiger partial charge in [-0.25, -0.2) is 0 Å². The summed E-state index contributed by atoms with van der Waals surface area (Å²) in [6, 6.07) is 6.52. The zero-order chi connectivity index (χ0) is 12.5. The van der Waals surface area contributed by atoms with Gasteiger partial charge in [-0.1, -0.05) is 17.7 Å². The molecule has 0 radical (unpaired) electrons. The highest BCUT2D eigenvalue weighted by molar-refractivity contribution is 5.57. The Morgan fingerprint density at radius 1 is 1.41 bits per heavy atom. The first kappa shape index (κ1) is 12.4. The number of nitrogens with two attached hydrogens (primary N) is 1. The van der Waals surface area contributed by atoms with Crippen molar-refractivity contribution in [2.75, 3.05) is 24.7 Å². The topological polar surface area (TPSA) is 38.5 Å². The Bertz CT molecular complexity index is 401. The van der Waals surface area contributed by atoms with E-state index in [1.165, 1.54) is 16.8 Å². The molecule has 0 bridgehead atoms. The predicted molar refractivity (Wildman–Crippen MR) is 71.3 cm³/mol. The largest absolute Gasteiger partial charge is 0.377 e. The van der Waals surface area contributed by atoms with E-state index in [0.717, 1.165) is 19.8 Å². The summed E-state index contributed by atoms with van der Waals surface area (Å²) >= 11 is 0. The molecule has 94 valence electrons. The van der Waals surface area contributed by atoms with Crippen LogP contribution in [0.5, 0.6) is 0 Å². The molecule has 3 heteroatoms. The molecule has 1 aromatic rings. The lowest BCUT2D eigenvalue weighted by Gasteiger charge is -2.44. The molecule has 2 N–H and O–H groups in total. The van der Waals surface area contributed by atoms with E-state index in [-0.39, 0.29) is 5.54 Å². The quantitative estimate of drug-likeness (QED) is 0.851. The highest BCUT2D eigenvalue weighted by Crippen LogP contribution is 2.30. The zero-order valence-electron chi connectivity index (χ0n) is 11.0. The highest BCUT2D eigenvalue weighted by atomic mass is 16.5. The van der Waals surface area contributed by atoms with Gasteiger partial charge in [0.15, 0.2) is 0 Å². The minimum Gasteiger partial charge on any atom is -0.377 e. The zero-order valence-corrected chi connectivity index (χ0v) is 11.0. The fourth-order valence-corrected chi connectivity index (χ4v) is 2.45. The molecule has 0 unspecified atom stereocenters. The van der Waals surface area contributed by atoms with Gasteiger partial charge in [-0.15, -0.1) is 0 Å². The van der Waals surface area contributed by atoms with Crippen molar-refractivity contribution in [1.82, 2.24) is 0 Å². The summed E-state index contributed by atoms with van der Waals surface area (Å²) in [7, 11) is 0. The minimum atomic E-state index is 0.0391. The third kappa shape index (κ3) is 2.45. The number of morpholine rings is 1. The number of rotatable bonds is 2. The van der Waals surface area contributed by atoms with Crippen LogP contribution < -0.4 is 10.6 Å². The van der Waals surface area contributed by atoms with E-state index < -0.39 is 0 Å². The fraction of sp³-hybridized carbons (Fsp3) is 0.571. The van der Waals surface area contributed by atoms with Gasteiger partial charge in [0.05, 0.1) is 18.8 Å². The van der Waals surface area contributed by atoms with Gasteiger partial charge in [-0.3, -0.25) is 0 Å². The first-order chi connectivity index (χ1) is 8.04. The van der Waals surface area contributed by atoms with Gasteiger partial charge in [0.2, 0.25) is 0 Å². The second-order valence-electron chi connectivity index (χ2n) is 5.35. The lowest BCUT2D eigenvalue weighted by atomic mass is 9.99. The molecule has 0 atom stereocenters. The molecule has 1 aliphatic rings. The monoisotopic (exact) mass is 234 g/mol. The Hall–Kier alpha value is -1.06. The van der Waals surface area contributed by atoms with E-state index in [2.05, 4.69) is 43.9 Å². The van der Waals surface area contributed by atoms with Crippen molar-refractivity contribution in [1.29, 1.82) is 0 Å². The van der Waals surface area contributed by atoms with Crippen molar-refractivity contribution >= 4 is 5.69 Å². The van der Waals surface area contributed by atoms with Gasteiger partial charge in [0, 0.05) is 18.8 Å². The minimum absolute atomic E-state index is 0.0391. The van der Waals surface area contributed by atoms with Gasteiger partial charge in [-0.2, -0.15) is 0 Å². The van der Waals surface area contributed by atoms with E-state index >= 15 is 0 Å². The summed E-state index contributed by atoms with van der Waals surface area (Å²) in [5.41, 5.74) is 9.64. The summed E-state index contributed by atoms with van der Waals surface area (Å²) in [4.78, 5) is 2.41. The number of benzene rings is 1. The molecule has 1 aromatic carbocycles. The highest BCUT2D eigenvalue weighted by Gasteiger charge is 2.31. The third-order valence-corrected chi connectivity index (χ3v) is 3.39. The van der Waals surface area contributed by atoms with Crippen molar-refractivity contribution in [2.24, 2.45) is 5.73 Å². The van der Waals surface area contributed by atoms with Crippen LogP contribution in [0.25, 0.3) is 0 Å². The van der Waals surface area contributed by atoms with Crippen LogP contribution in [0.3, 0.4) is 0 Å². The van der Waals surface area contributed by atoms with Crippen LogP contribution >= 0.6 is 0 Å². The lowest BCUT2D eigenvalue weighted by Crippen LogP contribution is -2.53. The molecule has 17 heavy (non-hydrogen) atoms. The summed E-state index contributed by atoms with van der Waals surface area (Å²) in [6.45, 7) is 9.62. The van der Waals surface area contributed by atoms with Crippen LogP contribution in [0.15, 0.2) is 18.2 Å². The second-order valence-corrected chi connectivity index (χ2v) is 5.35. The first-order valence-corrected chi connectivity index (χ1v) is 6.19. The van der Waals surface area contributed by atoms with E-state index in [1.807, 2.05) is 0 Å². The van der Waals surface area contributed by atoms with Crippen molar-refractivity contribution in [3.63, 3.8) is 0 Å². The second kappa shape index (κ2) is 4.67. The number of anilines is 1. The summed E-state index contributed by atoms with van der Waals surface area (Å²) in [5.74, 6) is 0. The number of aryl methyl sites for hydroxylation is 1. The van der Waals surface area contributed by atoms with Gasteiger partial charge < -0.3 is 15.4 Å². The maximum absolute atomic E-state index is 5.86. The molecular weight excluding hydrogens is 212 g/mol. The molecule has 1 fully saturated rings. The van der Waals surface area contributed by atoms with Crippen LogP contribution in [0, 0.1) is 6.92 Å². The van der Waals surface area contributed by atoms with Crippen LogP contribution in [0.1, 0.15) is 25.0 Å². The molecule has 0 aromatic heterocycles. The van der Waals surface area contributed by atoms with Crippen molar-refractivity contribution in [3.05, 3.63) is 29.3 Å². The molecule has 0 saturated carbocycles. The number of ether oxygens (including phenoxy) is 1. The van der Waals surface area contributed by atoms with Crippen LogP contribution in [0.4, 0.5) is 5.69 Å². The first-order valence-electron chi connectivity index (χ1n) is 6.19. The number of hydrogen-bond donors (Lipinski definition) is 1. The van der Waals surface area contributed by atoms with Crippen LogP contribution in [-0.2, 0) is 11.3 Å². The van der Waals surface area contributed by atoms with Gasteiger partial charge in [0.25, 0.3) is 0 Å². The van der Waals surface area contributed by atoms with Gasteiger partial charge in [-0.05, 0) is 32.4 Å². The Morgan fingerprint density at radius 2 is 2.18 bits per heavy atom. The molecule has 1 heterocycles. The Morgan fingerprint density at radius 3 is 2.82 bits per heavy atom. The van der Waals surface area contributed by atoms with Gasteiger partial charge in [0.1, 0.15) is 0 Å². The Balaban J connectivity index is 2.38. The molecule has 0 spiro atoms. The smallest absolute Gasteiger partial charge is 0.0694 e. The molecular formula is C14H22N2O. The fourth-order valence-electron chi connectivity index (χ4n) is 2.45. The number of nitrogens with zero attached hydrogens (tertiary/aromatic N) is 1. The molecule has 1 aliphatic heterocycles. The molecule has 1 saturated heterocycles. The normalized spacial score (nSPS) is 19.4. The Labute approximate surface area is 104 Å². The molecule has 3 nitrogen and oxygen atoms in total. The van der Waals surface area contributed by atoms with E-state index in [4.69, 9.17) is 10.5 Å². The van der Waals surface area contributed by atoms with Crippen molar-refractivity contribution < 1.29 is 4.74 Å². The molecule has 0 amide bonds. The maximum Gasteiger partial charge on any atom is 0.0694 e. The molecule has 0 aliphatic carbocycles. The predicted octanol–water partition coefficient (Wildman–Crippen LogP) is 2.07. The van der Waals surface area contributed by atoms with Crippen molar-refractivity contribution in [2.45, 2.75) is 32.9 Å². The number of hydrogen-bond acceptors (Lipinski definition) is 3. The van der Waals surface area contributed by atoms with E-state index in [0.29, 0.717) is 6.54 Å². The summed E-state index contributed by atoms with van der Waals surface area (Å²) in [5, 5.41) is 0. The van der Waals surface area contributed by atoms with Crippen LogP contribution in [-0.4, -0.2) is 25.3 Å². The standard InChI is InChI=1S/C14H22N2O/c1-11-4-5-13(12(8-11)9-15)16-6-7-17-10-14(16,2)3/h4-5,8H,6-7,9-10,15H2,1-3H3. The molecule has 2 rings (SSSR count). The maximum atomic E-state index is 5.86. The summed E-state index contributed by atoms with van der Waals surface area (Å²) < 4.78 is 5.56.